The number of hydrogen-bond acceptors (Lipinski definition) is 4. The molecular weight excluding hydrogens is 309 g/mol. The van der Waals surface area contributed by atoms with Crippen LogP contribution in [0.3, 0.4) is 0 Å². The molecule has 1 amide bonds. The van der Waals surface area contributed by atoms with Gasteiger partial charge in [0.2, 0.25) is 15.9 Å². The Balaban J connectivity index is 3.06. The highest BCUT2D eigenvalue weighted by atomic mass is 35.5. The number of hydrogen-bond donors (Lipinski definition) is 1. The van der Waals surface area contributed by atoms with Crippen LogP contribution in [0.5, 0.6) is 0 Å². The lowest BCUT2D eigenvalue weighted by atomic mass is 10.2. The molecule has 0 saturated carbocycles. The maximum Gasteiger partial charge on any atom is 0.232 e. The molecule has 1 aromatic rings. The molecule has 0 aliphatic carbocycles. The Morgan fingerprint density at radius 3 is 2.70 bits per heavy atom. The van der Waals surface area contributed by atoms with Crippen LogP contribution in [0.25, 0.3) is 0 Å². The van der Waals surface area contributed by atoms with Crippen molar-refractivity contribution in [3.63, 3.8) is 0 Å². The topological polar surface area (TPSA) is 104 Å². The van der Waals surface area contributed by atoms with Gasteiger partial charge in [-0.2, -0.15) is 9.57 Å². The summed E-state index contributed by atoms with van der Waals surface area (Å²) in [5.74, 6) is -2.47. The zero-order chi connectivity index (χ0) is 15.3. The first-order valence-electron chi connectivity index (χ1n) is 5.34. The molecular formula is C11H11ClFN3O3S. The van der Waals surface area contributed by atoms with Crippen LogP contribution in [-0.4, -0.2) is 31.7 Å². The van der Waals surface area contributed by atoms with Gasteiger partial charge in [0.1, 0.15) is 12.4 Å². The van der Waals surface area contributed by atoms with Crippen LogP contribution in [0.15, 0.2) is 18.2 Å². The maximum absolute atomic E-state index is 13.7. The smallest absolute Gasteiger partial charge is 0.232 e. The van der Waals surface area contributed by atoms with Crippen LogP contribution >= 0.6 is 11.6 Å². The molecule has 0 aliphatic heterocycles. The van der Waals surface area contributed by atoms with Crippen molar-refractivity contribution in [3.8, 4) is 6.07 Å². The van der Waals surface area contributed by atoms with Gasteiger partial charge in [-0.05, 0) is 6.07 Å². The highest BCUT2D eigenvalue weighted by Crippen LogP contribution is 2.20. The zero-order valence-electron chi connectivity index (χ0n) is 10.2. The van der Waals surface area contributed by atoms with Gasteiger partial charge in [-0.1, -0.05) is 23.7 Å². The van der Waals surface area contributed by atoms with E-state index in [1.54, 1.807) is 6.07 Å². The average Bonchev–Trinajstić information content (AvgIpc) is 2.34. The molecule has 0 fully saturated rings. The lowest BCUT2D eigenvalue weighted by Gasteiger charge is -2.17. The average molecular weight is 320 g/mol. The lowest BCUT2D eigenvalue weighted by molar-refractivity contribution is -0.118. The van der Waals surface area contributed by atoms with Gasteiger partial charge in [0.15, 0.2) is 0 Å². The van der Waals surface area contributed by atoms with E-state index in [1.807, 2.05) is 0 Å². The van der Waals surface area contributed by atoms with Gasteiger partial charge in [0.05, 0.1) is 23.4 Å². The monoisotopic (exact) mass is 319 g/mol. The summed E-state index contributed by atoms with van der Waals surface area (Å²) in [6.45, 7) is -1.19. The quantitative estimate of drug-likeness (QED) is 0.776. The summed E-state index contributed by atoms with van der Waals surface area (Å²) in [6, 6.07) is 5.55. The number of carbonyl (C=O) groups is 1. The van der Waals surface area contributed by atoms with Crippen molar-refractivity contribution in [2.24, 2.45) is 5.73 Å². The minimum Gasteiger partial charge on any atom is -0.369 e. The van der Waals surface area contributed by atoms with Gasteiger partial charge in [0, 0.05) is 5.56 Å². The maximum atomic E-state index is 13.7. The van der Waals surface area contributed by atoms with E-state index in [1.165, 1.54) is 18.2 Å². The fraction of sp³-hybridized carbons (Fsp3) is 0.273. The second-order valence-corrected chi connectivity index (χ2v) is 6.24. The normalized spacial score (nSPS) is 11.3. The molecule has 0 saturated heterocycles. The van der Waals surface area contributed by atoms with Gasteiger partial charge in [-0.15, -0.1) is 0 Å². The number of nitrogens with two attached hydrogens (primary N) is 1. The van der Waals surface area contributed by atoms with Crippen molar-refractivity contribution in [1.29, 1.82) is 5.26 Å². The molecule has 0 heterocycles. The molecule has 0 bridgehead atoms. The standard InChI is InChI=1S/C11H11ClFN3O3S/c12-9-3-1-2-8(11(9)13)7-20(18,19)16(5-4-14)6-10(15)17/h1-3H,5-7H2,(H2,15,17). The summed E-state index contributed by atoms with van der Waals surface area (Å²) in [4.78, 5) is 10.8. The number of benzene rings is 1. The number of nitrogens with zero attached hydrogens (tertiary/aromatic N) is 2. The van der Waals surface area contributed by atoms with E-state index < -0.39 is 40.6 Å². The SMILES string of the molecule is N#CCN(CC(N)=O)S(=O)(=O)Cc1cccc(Cl)c1F. The molecule has 1 aromatic carbocycles. The molecule has 20 heavy (non-hydrogen) atoms. The highest BCUT2D eigenvalue weighted by molar-refractivity contribution is 7.88. The summed E-state index contributed by atoms with van der Waals surface area (Å²) in [5, 5.41) is 8.37. The third-order valence-electron chi connectivity index (χ3n) is 2.34. The van der Waals surface area contributed by atoms with Gasteiger partial charge >= 0.3 is 0 Å². The Hall–Kier alpha value is -1.69. The van der Waals surface area contributed by atoms with Crippen molar-refractivity contribution < 1.29 is 17.6 Å². The molecule has 1 rings (SSSR count). The van der Waals surface area contributed by atoms with E-state index in [-0.39, 0.29) is 10.6 Å². The molecule has 0 aliphatic rings. The van der Waals surface area contributed by atoms with E-state index >= 15 is 0 Å². The van der Waals surface area contributed by atoms with E-state index in [0.29, 0.717) is 4.31 Å². The summed E-state index contributed by atoms with van der Waals surface area (Å²) in [7, 11) is -4.06. The fourth-order valence-electron chi connectivity index (χ4n) is 1.45. The lowest BCUT2D eigenvalue weighted by Crippen LogP contribution is -2.39. The number of halogens is 2. The first kappa shape index (κ1) is 16.4. The molecule has 0 aromatic heterocycles. The summed E-state index contributed by atoms with van der Waals surface area (Å²) in [5.41, 5.74) is 4.77. The number of amides is 1. The van der Waals surface area contributed by atoms with E-state index in [2.05, 4.69) is 0 Å². The molecule has 0 atom stereocenters. The van der Waals surface area contributed by atoms with Crippen molar-refractivity contribution in [2.45, 2.75) is 5.75 Å². The zero-order valence-corrected chi connectivity index (χ0v) is 11.8. The molecule has 6 nitrogen and oxygen atoms in total. The molecule has 0 radical (unpaired) electrons. The third kappa shape index (κ3) is 4.16. The Kier molecular flexibility index (Phi) is 5.44. The van der Waals surface area contributed by atoms with Crippen LogP contribution in [0.2, 0.25) is 5.02 Å². The second kappa shape index (κ2) is 6.65. The van der Waals surface area contributed by atoms with Crippen molar-refractivity contribution >= 4 is 27.5 Å². The number of carbonyl (C=O) groups excluding carboxylic acids is 1. The summed E-state index contributed by atoms with van der Waals surface area (Å²) >= 11 is 5.56. The van der Waals surface area contributed by atoms with E-state index in [4.69, 9.17) is 22.6 Å². The molecule has 108 valence electrons. The first-order chi connectivity index (χ1) is 9.27. The number of primary amides is 1. The number of rotatable bonds is 6. The Morgan fingerprint density at radius 1 is 1.50 bits per heavy atom. The largest absolute Gasteiger partial charge is 0.369 e. The molecule has 9 heteroatoms. The molecule has 0 spiro atoms. The van der Waals surface area contributed by atoms with Crippen molar-refractivity contribution in [2.75, 3.05) is 13.1 Å². The number of nitriles is 1. The Bertz CT molecular complexity index is 657. The predicted octanol–water partition coefficient (Wildman–Crippen LogP) is 0.620. The molecule has 0 unspecified atom stereocenters. The summed E-state index contributed by atoms with van der Waals surface area (Å²) < 4.78 is 38.4. The first-order valence-corrected chi connectivity index (χ1v) is 7.32. The van der Waals surface area contributed by atoms with Gasteiger partial charge in [-0.25, -0.2) is 12.8 Å². The highest BCUT2D eigenvalue weighted by Gasteiger charge is 2.25. The van der Waals surface area contributed by atoms with Crippen molar-refractivity contribution in [3.05, 3.63) is 34.6 Å². The predicted molar refractivity (Wildman–Crippen MR) is 70.4 cm³/mol. The van der Waals surface area contributed by atoms with Gasteiger partial charge in [0.25, 0.3) is 0 Å². The Morgan fingerprint density at radius 2 is 2.15 bits per heavy atom. The van der Waals surface area contributed by atoms with Crippen molar-refractivity contribution in [1.82, 2.24) is 4.31 Å². The van der Waals surface area contributed by atoms with Crippen LogP contribution in [0, 0.1) is 17.1 Å². The summed E-state index contributed by atoms with van der Waals surface area (Å²) in [6.07, 6.45) is 0. The van der Waals surface area contributed by atoms with Crippen LogP contribution in [-0.2, 0) is 20.6 Å². The number of sulfonamides is 1. The third-order valence-corrected chi connectivity index (χ3v) is 4.35. The van der Waals surface area contributed by atoms with Gasteiger partial charge in [-0.3, -0.25) is 4.79 Å². The minimum absolute atomic E-state index is 0.148. The molecule has 2 N–H and O–H groups in total. The van der Waals surface area contributed by atoms with E-state index in [0.717, 1.165) is 0 Å². The van der Waals surface area contributed by atoms with Crippen LogP contribution in [0.4, 0.5) is 4.39 Å². The second-order valence-electron chi connectivity index (χ2n) is 3.86. The van der Waals surface area contributed by atoms with Gasteiger partial charge < -0.3 is 5.73 Å². The Labute approximate surface area is 120 Å². The van der Waals surface area contributed by atoms with Crippen LogP contribution in [0.1, 0.15) is 5.56 Å². The minimum atomic E-state index is -4.06. The van der Waals surface area contributed by atoms with E-state index in [9.17, 15) is 17.6 Å². The van der Waals surface area contributed by atoms with Crippen LogP contribution < -0.4 is 5.73 Å². The fourth-order valence-corrected chi connectivity index (χ4v) is 3.02.